The zero-order valence-corrected chi connectivity index (χ0v) is 25.5. The number of rotatable bonds is 5. The number of nitrogen functional groups attached to an aromatic ring is 1. The quantitative estimate of drug-likeness (QED) is 0.329. The van der Waals surface area contributed by atoms with Gasteiger partial charge in [0.25, 0.3) is 11.8 Å². The van der Waals surface area contributed by atoms with Crippen LogP contribution in [0.5, 0.6) is 5.75 Å². The molecule has 0 saturated carbocycles. The normalized spacial score (nSPS) is 21.4. The van der Waals surface area contributed by atoms with E-state index < -0.39 is 23.8 Å². The number of amides is 4. The van der Waals surface area contributed by atoms with Crippen molar-refractivity contribution in [1.82, 2.24) is 20.0 Å². The molecule has 4 aliphatic heterocycles. The van der Waals surface area contributed by atoms with Gasteiger partial charge in [-0.15, -0.1) is 0 Å². The summed E-state index contributed by atoms with van der Waals surface area (Å²) in [6.07, 6.45) is 8.31. The number of methoxy groups -OCH3 is 1. The number of carbonyl (C=O) groups is 4. The van der Waals surface area contributed by atoms with Gasteiger partial charge < -0.3 is 20.3 Å². The van der Waals surface area contributed by atoms with E-state index in [0.29, 0.717) is 22.6 Å². The number of nitrogens with two attached hydrogens (primary N) is 1. The fraction of sp³-hybridized carbons (Fsp3) is 0.424. The molecule has 4 aliphatic rings. The molecule has 0 bridgehead atoms. The molecule has 45 heavy (non-hydrogen) atoms. The number of ether oxygens (including phenoxy) is 1. The van der Waals surface area contributed by atoms with Crippen molar-refractivity contribution in [3.8, 4) is 16.9 Å². The molecule has 12 heteroatoms. The highest BCUT2D eigenvalue weighted by Crippen LogP contribution is 2.46. The highest BCUT2D eigenvalue weighted by molar-refractivity contribution is 6.23. The van der Waals surface area contributed by atoms with Gasteiger partial charge in [-0.25, -0.2) is 0 Å². The van der Waals surface area contributed by atoms with Crippen molar-refractivity contribution < 1.29 is 23.9 Å². The number of aromatic nitrogens is 2. The van der Waals surface area contributed by atoms with Gasteiger partial charge in [0.2, 0.25) is 11.8 Å². The van der Waals surface area contributed by atoms with Crippen LogP contribution in [0.25, 0.3) is 11.1 Å². The van der Waals surface area contributed by atoms with Gasteiger partial charge in [0.05, 0.1) is 30.1 Å². The van der Waals surface area contributed by atoms with Crippen LogP contribution in [0.1, 0.15) is 59.2 Å². The van der Waals surface area contributed by atoms with Crippen molar-refractivity contribution in [2.45, 2.75) is 44.6 Å². The average Bonchev–Trinajstić information content (AvgIpc) is 3.58. The number of fused-ring (bicyclic) bond motifs is 1. The van der Waals surface area contributed by atoms with Crippen molar-refractivity contribution in [2.75, 3.05) is 48.8 Å². The van der Waals surface area contributed by atoms with Crippen LogP contribution in [0, 0.1) is 5.41 Å². The summed E-state index contributed by atoms with van der Waals surface area (Å²) in [5.41, 5.74) is 11.8. The monoisotopic (exact) mass is 611 g/mol. The second-order valence-electron chi connectivity index (χ2n) is 12.7. The third-order valence-electron chi connectivity index (χ3n) is 10.1. The molecule has 234 valence electrons. The van der Waals surface area contributed by atoms with Crippen LogP contribution in [0.2, 0.25) is 0 Å². The van der Waals surface area contributed by atoms with Crippen molar-refractivity contribution in [3.63, 3.8) is 0 Å². The van der Waals surface area contributed by atoms with Crippen LogP contribution in [-0.4, -0.2) is 77.6 Å². The van der Waals surface area contributed by atoms with E-state index in [1.807, 2.05) is 37.6 Å². The summed E-state index contributed by atoms with van der Waals surface area (Å²) >= 11 is 0. The highest BCUT2D eigenvalue weighted by atomic mass is 16.5. The van der Waals surface area contributed by atoms with E-state index in [0.717, 1.165) is 79.3 Å². The fourth-order valence-electron chi connectivity index (χ4n) is 7.43. The number of anilines is 3. The fourth-order valence-corrected chi connectivity index (χ4v) is 7.43. The average molecular weight is 612 g/mol. The summed E-state index contributed by atoms with van der Waals surface area (Å²) in [5, 5.41) is 6.61. The molecule has 0 radical (unpaired) electrons. The molecule has 4 amide bonds. The summed E-state index contributed by atoms with van der Waals surface area (Å²) in [6, 6.07) is 8.44. The Bertz CT molecular complexity index is 1710. The number of imide groups is 2. The molecule has 1 aromatic heterocycles. The van der Waals surface area contributed by atoms with Gasteiger partial charge in [-0.2, -0.15) is 5.10 Å². The standard InChI is InChI=1S/C33H37N7O5/c1-37-19-20(18-35-37)23-16-25(34)28(45-2)17-27(23)39-13-9-33(10-14-39)7-11-38(12-8-33)21-3-4-22-24(15-21)32(44)40(31(22)43)26-5-6-29(41)36-30(26)42/h3-4,15-19,26H,5-14,34H2,1-2H3,(H,36,41,42). The zero-order valence-electron chi connectivity index (χ0n) is 25.5. The van der Waals surface area contributed by atoms with Gasteiger partial charge in [-0.3, -0.25) is 34.1 Å². The predicted octanol–water partition coefficient (Wildman–Crippen LogP) is 2.97. The third kappa shape index (κ3) is 4.98. The van der Waals surface area contributed by atoms with E-state index in [4.69, 9.17) is 10.5 Å². The zero-order chi connectivity index (χ0) is 31.5. The molecule has 0 aliphatic carbocycles. The van der Waals surface area contributed by atoms with Crippen molar-refractivity contribution in [3.05, 3.63) is 53.9 Å². The Morgan fingerprint density at radius 1 is 0.911 bits per heavy atom. The van der Waals surface area contributed by atoms with Crippen LogP contribution in [0.4, 0.5) is 17.1 Å². The summed E-state index contributed by atoms with van der Waals surface area (Å²) in [7, 11) is 3.55. The molecular formula is C33H37N7O5. The molecule has 3 aromatic rings. The Labute approximate surface area is 261 Å². The topological polar surface area (TPSA) is 143 Å². The Morgan fingerprint density at radius 3 is 2.24 bits per heavy atom. The van der Waals surface area contributed by atoms with Gasteiger partial charge >= 0.3 is 0 Å². The Kier molecular flexibility index (Phi) is 7.02. The third-order valence-corrected chi connectivity index (χ3v) is 10.1. The van der Waals surface area contributed by atoms with Gasteiger partial charge in [0, 0.05) is 74.4 Å². The van der Waals surface area contributed by atoms with Gasteiger partial charge in [-0.1, -0.05) is 0 Å². The van der Waals surface area contributed by atoms with Crippen molar-refractivity contribution in [2.24, 2.45) is 12.5 Å². The Balaban J connectivity index is 1.03. The number of nitrogens with zero attached hydrogens (tertiary/aromatic N) is 5. The summed E-state index contributed by atoms with van der Waals surface area (Å²) in [4.78, 5) is 56.2. The molecule has 5 heterocycles. The number of hydrogen-bond acceptors (Lipinski definition) is 9. The molecule has 3 saturated heterocycles. The first kappa shape index (κ1) is 28.9. The van der Waals surface area contributed by atoms with Gasteiger partial charge in [-0.05, 0) is 61.8 Å². The lowest BCUT2D eigenvalue weighted by Gasteiger charge is -2.48. The number of piperidine rings is 3. The summed E-state index contributed by atoms with van der Waals surface area (Å²) in [6.45, 7) is 3.56. The maximum atomic E-state index is 13.3. The maximum absolute atomic E-state index is 13.3. The molecule has 3 N–H and O–H groups in total. The van der Waals surface area contributed by atoms with Crippen LogP contribution < -0.4 is 25.6 Å². The van der Waals surface area contributed by atoms with Crippen molar-refractivity contribution in [1.29, 1.82) is 0 Å². The first-order chi connectivity index (χ1) is 21.7. The predicted molar refractivity (Wildman–Crippen MR) is 168 cm³/mol. The molecule has 1 unspecified atom stereocenters. The smallest absolute Gasteiger partial charge is 0.262 e. The minimum Gasteiger partial charge on any atom is -0.495 e. The van der Waals surface area contributed by atoms with Crippen LogP contribution in [0.15, 0.2) is 42.7 Å². The first-order valence-corrected chi connectivity index (χ1v) is 15.5. The SMILES string of the molecule is COc1cc(N2CCC3(CCN(c4ccc5c(c4)C(=O)N(C4CCC(=O)NC4=O)C5=O)CC3)CC2)c(-c2cnn(C)c2)cc1N. The molecular weight excluding hydrogens is 574 g/mol. The second-order valence-corrected chi connectivity index (χ2v) is 12.7. The van der Waals surface area contributed by atoms with Crippen LogP contribution in [-0.2, 0) is 16.6 Å². The minimum atomic E-state index is -0.964. The number of nitrogens with one attached hydrogen (secondary N) is 1. The summed E-state index contributed by atoms with van der Waals surface area (Å²) in [5.74, 6) is -1.27. The molecule has 1 spiro atoms. The molecule has 2 aromatic carbocycles. The highest BCUT2D eigenvalue weighted by Gasteiger charge is 2.45. The van der Waals surface area contributed by atoms with Crippen molar-refractivity contribution >= 4 is 40.7 Å². The lowest BCUT2D eigenvalue weighted by atomic mass is 9.71. The number of carbonyl (C=O) groups excluding carboxylic acids is 4. The minimum absolute atomic E-state index is 0.0994. The molecule has 7 rings (SSSR count). The van der Waals surface area contributed by atoms with Gasteiger partial charge in [0.15, 0.2) is 0 Å². The Morgan fingerprint density at radius 2 is 1.60 bits per heavy atom. The summed E-state index contributed by atoms with van der Waals surface area (Å²) < 4.78 is 7.36. The van der Waals surface area contributed by atoms with E-state index in [-0.39, 0.29) is 24.2 Å². The largest absolute Gasteiger partial charge is 0.495 e. The number of aryl methyl sites for hydroxylation is 1. The lowest BCUT2D eigenvalue weighted by Crippen LogP contribution is -2.54. The van der Waals surface area contributed by atoms with E-state index >= 15 is 0 Å². The molecule has 1 atom stereocenters. The number of hydrogen-bond donors (Lipinski definition) is 2. The molecule has 3 fully saturated rings. The van der Waals surface area contributed by atoms with Gasteiger partial charge in [0.1, 0.15) is 11.8 Å². The second kappa shape index (κ2) is 10.9. The molecule has 12 nitrogen and oxygen atoms in total. The van der Waals surface area contributed by atoms with E-state index in [9.17, 15) is 19.2 Å². The van der Waals surface area contributed by atoms with Crippen LogP contribution >= 0.6 is 0 Å². The lowest BCUT2D eigenvalue weighted by molar-refractivity contribution is -0.136. The maximum Gasteiger partial charge on any atom is 0.262 e. The number of benzene rings is 2. The van der Waals surface area contributed by atoms with E-state index in [2.05, 4.69) is 20.2 Å². The van der Waals surface area contributed by atoms with E-state index in [1.165, 1.54) is 0 Å². The Hall–Kier alpha value is -4.87. The first-order valence-electron chi connectivity index (χ1n) is 15.5. The van der Waals surface area contributed by atoms with Crippen LogP contribution in [0.3, 0.4) is 0 Å². The van der Waals surface area contributed by atoms with E-state index in [1.54, 1.807) is 23.9 Å².